The average Bonchev–Trinajstić information content (AvgIpc) is 2.64. The first kappa shape index (κ1) is 21.8. The van der Waals surface area contributed by atoms with E-state index in [1.165, 1.54) is 12.6 Å². The molecule has 0 aliphatic carbocycles. The number of benzene rings is 2. The monoisotopic (exact) mass is 404 g/mol. The number of carbonyl (C=O) groups is 1. The molecule has 0 atom stereocenters. The quantitative estimate of drug-likeness (QED) is 0.651. The minimum atomic E-state index is -3.37. The van der Waals surface area contributed by atoms with E-state index in [4.69, 9.17) is 4.74 Å². The molecule has 0 spiro atoms. The molecule has 0 saturated heterocycles. The van der Waals surface area contributed by atoms with Crippen LogP contribution in [0.15, 0.2) is 48.5 Å². The molecule has 0 aromatic heterocycles. The standard InChI is InChI=1S/C21H28N2O4S/c1-16(2)27-20-12-10-17(11-13-20)7-6-14-22-21(24)18-8-5-9-19(15-18)23(3)28(4,25)26/h5,8-13,15-16H,6-7,14H2,1-4H3,(H,22,24). The van der Waals surface area contributed by atoms with Crippen LogP contribution < -0.4 is 14.4 Å². The van der Waals surface area contributed by atoms with E-state index in [1.54, 1.807) is 24.3 Å². The molecule has 28 heavy (non-hydrogen) atoms. The molecule has 152 valence electrons. The van der Waals surface area contributed by atoms with Gasteiger partial charge >= 0.3 is 0 Å². The first-order chi connectivity index (χ1) is 13.2. The van der Waals surface area contributed by atoms with Crippen molar-refractivity contribution in [2.24, 2.45) is 0 Å². The molecule has 1 N–H and O–H groups in total. The second-order valence-electron chi connectivity index (χ2n) is 6.95. The molecule has 2 aromatic carbocycles. The summed E-state index contributed by atoms with van der Waals surface area (Å²) in [4.78, 5) is 12.3. The van der Waals surface area contributed by atoms with Crippen molar-refractivity contribution in [3.63, 3.8) is 0 Å². The van der Waals surface area contributed by atoms with Crippen LogP contribution in [0.1, 0.15) is 36.2 Å². The Bertz CT molecular complexity index is 893. The lowest BCUT2D eigenvalue weighted by molar-refractivity contribution is 0.0953. The minimum absolute atomic E-state index is 0.150. The number of aryl methyl sites for hydroxylation is 1. The van der Waals surface area contributed by atoms with E-state index >= 15 is 0 Å². The maximum Gasteiger partial charge on any atom is 0.251 e. The van der Waals surface area contributed by atoms with Gasteiger partial charge in [0, 0.05) is 19.2 Å². The van der Waals surface area contributed by atoms with Crippen LogP contribution in [0.25, 0.3) is 0 Å². The zero-order chi connectivity index (χ0) is 20.7. The van der Waals surface area contributed by atoms with Crippen molar-refractivity contribution < 1.29 is 17.9 Å². The number of nitrogens with one attached hydrogen (secondary N) is 1. The van der Waals surface area contributed by atoms with E-state index in [0.29, 0.717) is 17.8 Å². The fourth-order valence-corrected chi connectivity index (χ4v) is 3.13. The molecule has 0 fully saturated rings. The van der Waals surface area contributed by atoms with Crippen LogP contribution in [-0.4, -0.2) is 40.3 Å². The predicted octanol–water partition coefficient (Wildman–Crippen LogP) is 3.23. The van der Waals surface area contributed by atoms with Gasteiger partial charge in [0.05, 0.1) is 18.0 Å². The Kier molecular flexibility index (Phi) is 7.45. The second-order valence-corrected chi connectivity index (χ2v) is 8.96. The Labute approximate surface area is 167 Å². The van der Waals surface area contributed by atoms with Gasteiger partial charge in [-0.2, -0.15) is 0 Å². The lowest BCUT2D eigenvalue weighted by Crippen LogP contribution is -2.27. The van der Waals surface area contributed by atoms with Gasteiger partial charge in [0.25, 0.3) is 5.91 Å². The van der Waals surface area contributed by atoms with Crippen molar-refractivity contribution >= 4 is 21.6 Å². The van der Waals surface area contributed by atoms with Gasteiger partial charge in [-0.3, -0.25) is 9.10 Å². The lowest BCUT2D eigenvalue weighted by atomic mass is 10.1. The van der Waals surface area contributed by atoms with Crippen molar-refractivity contribution in [3.8, 4) is 5.75 Å². The summed E-state index contributed by atoms with van der Waals surface area (Å²) in [6.07, 6.45) is 2.93. The first-order valence-corrected chi connectivity index (χ1v) is 11.1. The minimum Gasteiger partial charge on any atom is -0.491 e. The number of nitrogens with zero attached hydrogens (tertiary/aromatic N) is 1. The van der Waals surface area contributed by atoms with Crippen molar-refractivity contribution in [1.82, 2.24) is 5.32 Å². The summed E-state index contributed by atoms with van der Waals surface area (Å²) in [5.74, 6) is 0.635. The molecule has 2 aromatic rings. The zero-order valence-electron chi connectivity index (χ0n) is 16.8. The molecule has 0 bridgehead atoms. The summed E-state index contributed by atoms with van der Waals surface area (Å²) in [5.41, 5.74) is 2.07. The number of rotatable bonds is 9. The van der Waals surface area contributed by atoms with E-state index in [2.05, 4.69) is 5.32 Å². The topological polar surface area (TPSA) is 75.7 Å². The van der Waals surface area contributed by atoms with Crippen LogP contribution in [0.5, 0.6) is 5.75 Å². The zero-order valence-corrected chi connectivity index (χ0v) is 17.6. The Morgan fingerprint density at radius 1 is 1.14 bits per heavy atom. The number of sulfonamides is 1. The Hall–Kier alpha value is -2.54. The van der Waals surface area contributed by atoms with Crippen LogP contribution in [0.2, 0.25) is 0 Å². The average molecular weight is 405 g/mol. The summed E-state index contributed by atoms with van der Waals surface area (Å²) in [5, 5.41) is 2.88. The van der Waals surface area contributed by atoms with Gasteiger partial charge in [0.2, 0.25) is 10.0 Å². The van der Waals surface area contributed by atoms with Crippen molar-refractivity contribution in [2.75, 3.05) is 24.2 Å². The number of carbonyl (C=O) groups excluding carboxylic acids is 1. The van der Waals surface area contributed by atoms with Crippen molar-refractivity contribution in [3.05, 3.63) is 59.7 Å². The van der Waals surface area contributed by atoms with Gasteiger partial charge in [-0.1, -0.05) is 18.2 Å². The summed E-state index contributed by atoms with van der Waals surface area (Å²) < 4.78 is 30.1. The largest absolute Gasteiger partial charge is 0.491 e. The van der Waals surface area contributed by atoms with E-state index < -0.39 is 10.0 Å². The van der Waals surface area contributed by atoms with Gasteiger partial charge in [-0.25, -0.2) is 8.42 Å². The highest BCUT2D eigenvalue weighted by molar-refractivity contribution is 7.92. The molecular weight excluding hydrogens is 376 g/mol. The summed E-state index contributed by atoms with van der Waals surface area (Å²) in [6, 6.07) is 14.5. The maximum atomic E-state index is 12.3. The van der Waals surface area contributed by atoms with Crippen molar-refractivity contribution in [2.45, 2.75) is 32.8 Å². The highest BCUT2D eigenvalue weighted by atomic mass is 32.2. The molecule has 0 aliphatic rings. The normalized spacial score (nSPS) is 11.3. The number of hydrogen-bond donors (Lipinski definition) is 1. The van der Waals surface area contributed by atoms with E-state index in [-0.39, 0.29) is 12.0 Å². The van der Waals surface area contributed by atoms with E-state index in [9.17, 15) is 13.2 Å². The van der Waals surface area contributed by atoms with Crippen molar-refractivity contribution in [1.29, 1.82) is 0 Å². The number of ether oxygens (including phenoxy) is 1. The molecule has 2 rings (SSSR count). The van der Waals surface area contributed by atoms with Crippen LogP contribution in [0, 0.1) is 0 Å². The fraction of sp³-hybridized carbons (Fsp3) is 0.381. The SMILES string of the molecule is CC(C)Oc1ccc(CCCNC(=O)c2cccc(N(C)S(C)(=O)=O)c2)cc1. The Balaban J connectivity index is 1.84. The first-order valence-electron chi connectivity index (χ1n) is 9.24. The third-order valence-electron chi connectivity index (χ3n) is 4.19. The molecule has 1 amide bonds. The molecular formula is C21H28N2O4S. The smallest absolute Gasteiger partial charge is 0.251 e. The number of anilines is 1. The van der Waals surface area contributed by atoms with Crippen LogP contribution in [0.3, 0.4) is 0 Å². The third-order valence-corrected chi connectivity index (χ3v) is 5.40. The summed E-state index contributed by atoms with van der Waals surface area (Å²) >= 11 is 0. The van der Waals surface area contributed by atoms with Gasteiger partial charge in [0.1, 0.15) is 5.75 Å². The molecule has 0 aliphatic heterocycles. The molecule has 7 heteroatoms. The fourth-order valence-electron chi connectivity index (χ4n) is 2.64. The second kappa shape index (κ2) is 9.59. The lowest BCUT2D eigenvalue weighted by Gasteiger charge is -2.17. The van der Waals surface area contributed by atoms with E-state index in [1.807, 2.05) is 38.1 Å². The number of hydrogen-bond acceptors (Lipinski definition) is 4. The van der Waals surface area contributed by atoms with E-state index in [0.717, 1.165) is 29.2 Å². The van der Waals surface area contributed by atoms with Gasteiger partial charge in [0.15, 0.2) is 0 Å². The molecule has 0 saturated carbocycles. The predicted molar refractivity (Wildman–Crippen MR) is 113 cm³/mol. The maximum absolute atomic E-state index is 12.3. The van der Waals surface area contributed by atoms with Gasteiger partial charge < -0.3 is 10.1 Å². The Morgan fingerprint density at radius 2 is 1.82 bits per heavy atom. The summed E-state index contributed by atoms with van der Waals surface area (Å²) in [7, 11) is -1.91. The molecule has 0 unspecified atom stereocenters. The van der Waals surface area contributed by atoms with Crippen LogP contribution in [-0.2, 0) is 16.4 Å². The molecule has 6 nitrogen and oxygen atoms in total. The Morgan fingerprint density at radius 3 is 2.43 bits per heavy atom. The highest BCUT2D eigenvalue weighted by Gasteiger charge is 2.14. The third kappa shape index (κ3) is 6.56. The molecule has 0 radical (unpaired) electrons. The number of amides is 1. The van der Waals surface area contributed by atoms with Gasteiger partial charge in [-0.05, 0) is 62.6 Å². The molecule has 0 heterocycles. The van der Waals surface area contributed by atoms with Crippen LogP contribution >= 0.6 is 0 Å². The van der Waals surface area contributed by atoms with Crippen LogP contribution in [0.4, 0.5) is 5.69 Å². The summed E-state index contributed by atoms with van der Waals surface area (Å²) in [6.45, 7) is 4.52. The van der Waals surface area contributed by atoms with Gasteiger partial charge in [-0.15, -0.1) is 0 Å². The highest BCUT2D eigenvalue weighted by Crippen LogP contribution is 2.17.